The molecule has 1 spiro atoms. The summed E-state index contributed by atoms with van der Waals surface area (Å²) in [5, 5.41) is 6.17. The van der Waals surface area contributed by atoms with Gasteiger partial charge in [0.1, 0.15) is 17.7 Å². The molecular weight excluding hydrogens is 1120 g/mol. The van der Waals surface area contributed by atoms with Gasteiger partial charge in [0.2, 0.25) is 23.6 Å². The number of benzene rings is 2. The van der Waals surface area contributed by atoms with Crippen molar-refractivity contribution >= 4 is 58.4 Å². The third kappa shape index (κ3) is 13.8. The van der Waals surface area contributed by atoms with Gasteiger partial charge in [-0.25, -0.2) is 4.79 Å². The van der Waals surface area contributed by atoms with Gasteiger partial charge in [-0.3, -0.25) is 33.6 Å². The second-order valence-corrected chi connectivity index (χ2v) is 25.0. The minimum Gasteiger partial charge on any atom is -0.453 e. The summed E-state index contributed by atoms with van der Waals surface area (Å²) < 4.78 is 28.9. The maximum absolute atomic E-state index is 15.0. The van der Waals surface area contributed by atoms with E-state index in [1.165, 1.54) is 53.0 Å². The number of epoxide rings is 1. The summed E-state index contributed by atoms with van der Waals surface area (Å²) >= 11 is 0. The molecule has 3 saturated heterocycles. The van der Waals surface area contributed by atoms with Crippen LogP contribution in [-0.2, 0) is 47.7 Å². The molecule has 3 saturated carbocycles. The monoisotopic (exact) mass is 1210 g/mol. The third-order valence-electron chi connectivity index (χ3n) is 19.8. The lowest BCUT2D eigenvalue weighted by atomic mass is 9.57. The molecule has 0 aromatic heterocycles. The van der Waals surface area contributed by atoms with Crippen LogP contribution in [-0.4, -0.2) is 203 Å². The Kier molecular flexibility index (Phi) is 20.9. The number of carbonyl (C=O) groups excluding carboxylic acids is 8. The van der Waals surface area contributed by atoms with Crippen molar-refractivity contribution in [2.45, 2.75) is 140 Å². The Morgan fingerprint density at radius 1 is 0.761 bits per heavy atom. The average molecular weight is 1210 g/mol. The fraction of sp³-hybridized carbons (Fsp3) is 0.618. The molecular formula is C68H89N7O13. The second kappa shape index (κ2) is 28.7. The fourth-order valence-corrected chi connectivity index (χ4v) is 15.1. The highest BCUT2D eigenvalue weighted by Gasteiger charge is 2.79. The zero-order valence-corrected chi connectivity index (χ0v) is 52.1. The number of piperazine rings is 2. The first kappa shape index (κ1) is 64.1. The van der Waals surface area contributed by atoms with Gasteiger partial charge in [-0.05, 0) is 144 Å². The molecule has 0 bridgehead atoms. The lowest BCUT2D eigenvalue weighted by Gasteiger charge is -2.46. The van der Waals surface area contributed by atoms with Gasteiger partial charge in [0.25, 0.3) is 0 Å². The Labute approximate surface area is 517 Å². The van der Waals surface area contributed by atoms with E-state index >= 15 is 4.79 Å². The molecule has 0 radical (unpaired) electrons. The van der Waals surface area contributed by atoms with Gasteiger partial charge in [-0.1, -0.05) is 42.2 Å². The maximum Gasteiger partial charge on any atom is 0.409 e. The van der Waals surface area contributed by atoms with E-state index in [1.54, 1.807) is 28.0 Å². The molecule has 7 atom stereocenters. The number of rotatable bonds is 26. The van der Waals surface area contributed by atoms with E-state index in [4.69, 9.17) is 23.7 Å². The van der Waals surface area contributed by atoms with Crippen molar-refractivity contribution in [2.75, 3.05) is 123 Å². The van der Waals surface area contributed by atoms with Crippen LogP contribution in [0.2, 0.25) is 0 Å². The lowest BCUT2D eigenvalue weighted by molar-refractivity contribution is -0.158. The Morgan fingerprint density at radius 2 is 1.47 bits per heavy atom. The number of allylic oxidation sites excluding steroid dienone is 4. The van der Waals surface area contributed by atoms with E-state index in [2.05, 4.69) is 51.6 Å². The molecule has 5 amide bonds. The maximum atomic E-state index is 15.0. The van der Waals surface area contributed by atoms with E-state index in [0.717, 1.165) is 63.5 Å². The average Bonchev–Trinajstić information content (AvgIpc) is 1.49. The van der Waals surface area contributed by atoms with Crippen molar-refractivity contribution in [2.24, 2.45) is 17.8 Å². The molecule has 3 heterocycles. The number of ketones is 3. The summed E-state index contributed by atoms with van der Waals surface area (Å²) in [7, 11) is 3.29. The van der Waals surface area contributed by atoms with Crippen LogP contribution in [0.15, 0.2) is 65.3 Å². The van der Waals surface area contributed by atoms with Crippen molar-refractivity contribution in [3.63, 3.8) is 0 Å². The van der Waals surface area contributed by atoms with Gasteiger partial charge >= 0.3 is 6.09 Å². The molecule has 8 aliphatic rings. The van der Waals surface area contributed by atoms with Crippen LogP contribution in [0.1, 0.15) is 143 Å². The Balaban J connectivity index is 0.699. The Bertz CT molecular complexity index is 3090. The SMILES string of the molecule is CC#CC12CCC3C4CCC5=CC(=O)CCC5=C4C(c4ccc(N(C)CCCC(=O)N5CCN(C(=O)C6CCC6)CC5C(=O)N5CCN(C(=O)OC)CC5C(=O)NCCCOCCOCCOCCCNc5cccc(C(C)=O)c5C(C)=O)cc4)CC31O2. The highest BCUT2D eigenvalue weighted by atomic mass is 16.6. The summed E-state index contributed by atoms with van der Waals surface area (Å²) in [6.07, 6.45) is 12.0. The smallest absolute Gasteiger partial charge is 0.409 e. The molecule has 10 rings (SSSR count). The number of nitrogens with one attached hydrogen (secondary N) is 2. The van der Waals surface area contributed by atoms with Gasteiger partial charge in [0, 0.05) is 108 Å². The highest BCUT2D eigenvalue weighted by Crippen LogP contribution is 2.73. The van der Waals surface area contributed by atoms with Crippen LogP contribution in [0.25, 0.3) is 0 Å². The number of amides is 5. The van der Waals surface area contributed by atoms with Crippen molar-refractivity contribution in [3.05, 3.63) is 82.0 Å². The number of Topliss-reactive ketones (excluding diaryl/α,β-unsaturated/α-hetero) is 2. The zero-order chi connectivity index (χ0) is 62.1. The number of hydrogen-bond donors (Lipinski definition) is 2. The number of carbonyl (C=O) groups is 8. The highest BCUT2D eigenvalue weighted by molar-refractivity contribution is 6.10. The summed E-state index contributed by atoms with van der Waals surface area (Å²) in [6.45, 7) is 8.97. The molecule has 20 nitrogen and oxygen atoms in total. The third-order valence-corrected chi connectivity index (χ3v) is 19.8. The molecule has 7 unspecified atom stereocenters. The van der Waals surface area contributed by atoms with E-state index in [0.29, 0.717) is 114 Å². The van der Waals surface area contributed by atoms with Crippen LogP contribution in [0.5, 0.6) is 0 Å². The Hall–Kier alpha value is -6.92. The van der Waals surface area contributed by atoms with Crippen LogP contribution >= 0.6 is 0 Å². The zero-order valence-electron chi connectivity index (χ0n) is 52.1. The summed E-state index contributed by atoms with van der Waals surface area (Å²) in [5.74, 6) is 6.39. The van der Waals surface area contributed by atoms with E-state index in [1.807, 2.05) is 20.0 Å². The van der Waals surface area contributed by atoms with Gasteiger partial charge in [0.05, 0.1) is 52.2 Å². The van der Waals surface area contributed by atoms with E-state index in [9.17, 15) is 33.6 Å². The first-order valence-corrected chi connectivity index (χ1v) is 32.1. The van der Waals surface area contributed by atoms with Crippen molar-refractivity contribution < 1.29 is 62.0 Å². The number of fused-ring (bicyclic) bond motifs is 3. The van der Waals surface area contributed by atoms with Crippen molar-refractivity contribution in [1.29, 1.82) is 0 Å². The predicted molar refractivity (Wildman–Crippen MR) is 330 cm³/mol. The molecule has 2 aromatic carbocycles. The molecule has 3 aliphatic heterocycles. The van der Waals surface area contributed by atoms with Crippen LogP contribution in [0.3, 0.4) is 0 Å². The number of ether oxygens (including phenoxy) is 5. The Morgan fingerprint density at radius 3 is 2.16 bits per heavy atom. The molecule has 6 fully saturated rings. The van der Waals surface area contributed by atoms with Crippen LogP contribution in [0.4, 0.5) is 16.2 Å². The number of nitrogens with zero attached hydrogens (tertiary/aromatic N) is 5. The first-order valence-electron chi connectivity index (χ1n) is 32.1. The number of anilines is 2. The van der Waals surface area contributed by atoms with Gasteiger partial charge in [-0.15, -0.1) is 5.92 Å². The second-order valence-electron chi connectivity index (χ2n) is 25.0. The largest absolute Gasteiger partial charge is 0.453 e. The molecule has 5 aliphatic carbocycles. The first-order chi connectivity index (χ1) is 42.6. The van der Waals surface area contributed by atoms with Crippen molar-refractivity contribution in [1.82, 2.24) is 24.9 Å². The number of methoxy groups -OCH3 is 1. The van der Waals surface area contributed by atoms with Gasteiger partial charge in [-0.2, -0.15) is 0 Å². The molecule has 88 heavy (non-hydrogen) atoms. The summed E-state index contributed by atoms with van der Waals surface area (Å²) in [6, 6.07) is 11.9. The topological polar surface area (TPSA) is 226 Å². The fourth-order valence-electron chi connectivity index (χ4n) is 15.1. The van der Waals surface area contributed by atoms with Gasteiger partial charge < -0.3 is 58.8 Å². The molecule has 2 aromatic rings. The standard InChI is InChI=1S/C68H89N7O13/c1-6-26-67-27-25-56-54-23-19-49-41-51(78)22-24-53(49)62(54)55(42-68(56,67)88-67)47-17-20-50(21-18-47)71(4)30-9-16-60(79)74-33-31-72(64(81)48-12-7-13-48)44-59(74)65(82)75-34-32-73(66(83)84-5)43-58(75)63(80)70-29-11-36-86-38-40-87-39-37-85-35-10-28-69-57-15-8-14-52(45(2)76)61(57)46(3)77/h8,14-15,17-18,20-21,41,48,54-56,58-59,69H,7,9-13,16,19,22-25,27-40,42-44H2,1-5H3,(H,70,80). The number of hydrogen-bond acceptors (Lipinski definition) is 15. The molecule has 20 heteroatoms. The van der Waals surface area contributed by atoms with Crippen LogP contribution in [0, 0.1) is 29.6 Å². The normalized spacial score (nSPS) is 25.4. The van der Waals surface area contributed by atoms with Crippen LogP contribution < -0.4 is 15.5 Å². The predicted octanol–water partition coefficient (Wildman–Crippen LogP) is 6.91. The summed E-state index contributed by atoms with van der Waals surface area (Å²) in [4.78, 5) is 115. The molecule has 2 N–H and O–H groups in total. The quantitative estimate of drug-likeness (QED) is 0.0422. The molecule has 474 valence electrons. The van der Waals surface area contributed by atoms with E-state index in [-0.39, 0.29) is 97.9 Å². The van der Waals surface area contributed by atoms with E-state index < -0.39 is 30.0 Å². The minimum atomic E-state index is -1.08. The van der Waals surface area contributed by atoms with Crippen molar-refractivity contribution in [3.8, 4) is 11.8 Å². The lowest BCUT2D eigenvalue weighted by Crippen LogP contribution is -2.68. The van der Waals surface area contributed by atoms with Gasteiger partial charge in [0.15, 0.2) is 23.0 Å². The summed E-state index contributed by atoms with van der Waals surface area (Å²) in [5.41, 5.74) is 7.24. The minimum absolute atomic E-state index is 0.0105.